The number of nitrogens with zero attached hydrogens (tertiary/aromatic N) is 3. The van der Waals surface area contributed by atoms with Crippen molar-refractivity contribution < 1.29 is 15.0 Å². The highest BCUT2D eigenvalue weighted by molar-refractivity contribution is 5.92. The molecular formula is C15H19N5O3. The maximum atomic E-state index is 12.0. The largest absolute Gasteiger partial charge is 0.389 e. The molecule has 3 rings (SSSR count). The quantitative estimate of drug-likeness (QED) is 0.571. The van der Waals surface area contributed by atoms with E-state index in [1.807, 2.05) is 11.0 Å². The Kier molecular flexibility index (Phi) is 4.37. The normalized spacial score (nSPS) is 24.7. The Labute approximate surface area is 133 Å². The molecule has 4 N–H and O–H groups in total. The zero-order chi connectivity index (χ0) is 16.3. The number of hydrogen-bond acceptors (Lipinski definition) is 6. The van der Waals surface area contributed by atoms with Gasteiger partial charge >= 0.3 is 0 Å². The lowest BCUT2D eigenvalue weighted by Gasteiger charge is -2.26. The molecule has 2 aromatic rings. The highest BCUT2D eigenvalue weighted by atomic mass is 16.3. The summed E-state index contributed by atoms with van der Waals surface area (Å²) < 4.78 is 0. The van der Waals surface area contributed by atoms with Gasteiger partial charge in [-0.1, -0.05) is 6.07 Å². The van der Waals surface area contributed by atoms with Crippen LogP contribution in [-0.4, -0.2) is 67.5 Å². The van der Waals surface area contributed by atoms with Crippen molar-refractivity contribution in [3.8, 4) is 0 Å². The zero-order valence-electron chi connectivity index (χ0n) is 12.5. The van der Waals surface area contributed by atoms with E-state index in [2.05, 4.69) is 20.5 Å². The zero-order valence-corrected chi connectivity index (χ0v) is 12.5. The summed E-state index contributed by atoms with van der Waals surface area (Å²) in [6.45, 7) is 1.10. The number of aliphatic hydroxyl groups excluding tert-OH is 1. The number of aliphatic hydroxyl groups is 2. The van der Waals surface area contributed by atoms with Crippen LogP contribution in [-0.2, 0) is 6.54 Å². The Morgan fingerprint density at radius 2 is 2.30 bits per heavy atom. The first-order valence-electron chi connectivity index (χ1n) is 7.37. The van der Waals surface area contributed by atoms with Gasteiger partial charge in [0.25, 0.3) is 5.91 Å². The van der Waals surface area contributed by atoms with Gasteiger partial charge in [-0.15, -0.1) is 0 Å². The lowest BCUT2D eigenvalue weighted by Crippen LogP contribution is -2.51. The molecule has 3 heterocycles. The smallest absolute Gasteiger partial charge is 0.269 e. The van der Waals surface area contributed by atoms with Gasteiger partial charge in [-0.25, -0.2) is 0 Å². The van der Waals surface area contributed by atoms with Crippen LogP contribution in [0, 0.1) is 0 Å². The van der Waals surface area contributed by atoms with Crippen molar-refractivity contribution in [3.05, 3.63) is 48.0 Å². The summed E-state index contributed by atoms with van der Waals surface area (Å²) in [5, 5.41) is 30.1. The number of aromatic nitrogens is 3. The molecule has 0 saturated carbocycles. The maximum absolute atomic E-state index is 12.0. The molecule has 1 saturated heterocycles. The fraction of sp³-hybridized carbons (Fsp3) is 0.400. The summed E-state index contributed by atoms with van der Waals surface area (Å²) in [6.07, 6.45) is 2.25. The summed E-state index contributed by atoms with van der Waals surface area (Å²) >= 11 is 0. The van der Waals surface area contributed by atoms with E-state index < -0.39 is 11.7 Å². The number of H-pyrrole nitrogens is 1. The number of carbonyl (C=O) groups is 1. The van der Waals surface area contributed by atoms with Crippen LogP contribution in [0.4, 0.5) is 0 Å². The molecule has 0 spiro atoms. The fourth-order valence-corrected chi connectivity index (χ4v) is 2.70. The number of pyridine rings is 1. The minimum Gasteiger partial charge on any atom is -0.389 e. The lowest BCUT2D eigenvalue weighted by molar-refractivity contribution is -0.0377. The SMILES string of the molecule is O=C(NC[C@]1(O)CN(Cc2ccn[nH]2)C[C@H]1O)c1ccccn1. The van der Waals surface area contributed by atoms with Crippen molar-refractivity contribution in [2.75, 3.05) is 19.6 Å². The second kappa shape index (κ2) is 6.45. The third kappa shape index (κ3) is 3.55. The Morgan fingerprint density at radius 1 is 1.43 bits per heavy atom. The van der Waals surface area contributed by atoms with Gasteiger partial charge in [-0.3, -0.25) is 19.8 Å². The molecule has 0 bridgehead atoms. The van der Waals surface area contributed by atoms with Gasteiger partial charge < -0.3 is 15.5 Å². The number of likely N-dealkylation sites (tertiary alicyclic amines) is 1. The van der Waals surface area contributed by atoms with Gasteiger partial charge in [0.05, 0.1) is 12.6 Å². The van der Waals surface area contributed by atoms with Crippen LogP contribution in [0.1, 0.15) is 16.2 Å². The molecule has 2 aromatic heterocycles. The second-order valence-electron chi connectivity index (χ2n) is 5.77. The number of β-amino-alcohol motifs (C(OH)–C–C–N with tert-alkyl or cyclic N) is 2. The van der Waals surface area contributed by atoms with Crippen LogP contribution in [0.2, 0.25) is 0 Å². The number of amides is 1. The topological polar surface area (TPSA) is 114 Å². The third-order valence-corrected chi connectivity index (χ3v) is 3.95. The molecule has 0 aliphatic carbocycles. The highest BCUT2D eigenvalue weighted by Gasteiger charge is 2.44. The van der Waals surface area contributed by atoms with Crippen molar-refractivity contribution in [1.82, 2.24) is 25.4 Å². The number of hydrogen-bond donors (Lipinski definition) is 4. The van der Waals surface area contributed by atoms with Gasteiger partial charge in [0.1, 0.15) is 11.3 Å². The molecule has 0 unspecified atom stereocenters. The Hall–Kier alpha value is -2.29. The van der Waals surface area contributed by atoms with Crippen LogP contribution in [0.15, 0.2) is 36.7 Å². The van der Waals surface area contributed by atoms with Crippen LogP contribution >= 0.6 is 0 Å². The van der Waals surface area contributed by atoms with E-state index >= 15 is 0 Å². The number of carbonyl (C=O) groups excluding carboxylic acids is 1. The molecule has 1 aliphatic rings. The average molecular weight is 317 g/mol. The first-order valence-corrected chi connectivity index (χ1v) is 7.37. The van der Waals surface area contributed by atoms with E-state index in [-0.39, 0.29) is 24.7 Å². The number of rotatable bonds is 5. The second-order valence-corrected chi connectivity index (χ2v) is 5.77. The van der Waals surface area contributed by atoms with Crippen LogP contribution in [0.5, 0.6) is 0 Å². The third-order valence-electron chi connectivity index (χ3n) is 3.95. The van der Waals surface area contributed by atoms with Gasteiger partial charge in [-0.05, 0) is 18.2 Å². The van der Waals surface area contributed by atoms with Gasteiger partial charge in [-0.2, -0.15) is 5.10 Å². The summed E-state index contributed by atoms with van der Waals surface area (Å²) in [5.74, 6) is -0.377. The number of nitrogens with one attached hydrogen (secondary N) is 2. The van der Waals surface area contributed by atoms with E-state index in [9.17, 15) is 15.0 Å². The first kappa shape index (κ1) is 15.6. The van der Waals surface area contributed by atoms with E-state index in [0.717, 1.165) is 5.69 Å². The molecular weight excluding hydrogens is 298 g/mol. The van der Waals surface area contributed by atoms with Crippen LogP contribution < -0.4 is 5.32 Å². The van der Waals surface area contributed by atoms with E-state index in [0.29, 0.717) is 13.1 Å². The minimum absolute atomic E-state index is 0.0386. The monoisotopic (exact) mass is 317 g/mol. The van der Waals surface area contributed by atoms with Gasteiger partial charge in [0.15, 0.2) is 0 Å². The average Bonchev–Trinajstić information content (AvgIpc) is 3.15. The molecule has 1 amide bonds. The molecule has 0 aromatic carbocycles. The van der Waals surface area contributed by atoms with Crippen LogP contribution in [0.25, 0.3) is 0 Å². The molecule has 23 heavy (non-hydrogen) atoms. The fourth-order valence-electron chi connectivity index (χ4n) is 2.70. The Bertz CT molecular complexity index is 648. The predicted molar refractivity (Wildman–Crippen MR) is 81.4 cm³/mol. The van der Waals surface area contributed by atoms with Crippen molar-refractivity contribution in [1.29, 1.82) is 0 Å². The van der Waals surface area contributed by atoms with Gasteiger partial charge in [0, 0.05) is 37.7 Å². The minimum atomic E-state index is -1.38. The van der Waals surface area contributed by atoms with Crippen molar-refractivity contribution >= 4 is 5.91 Å². The molecule has 2 atom stereocenters. The van der Waals surface area contributed by atoms with Gasteiger partial charge in [0.2, 0.25) is 0 Å². The summed E-state index contributed by atoms with van der Waals surface area (Å²) in [5.41, 5.74) is -0.207. The summed E-state index contributed by atoms with van der Waals surface area (Å²) in [4.78, 5) is 17.9. The molecule has 1 fully saturated rings. The lowest BCUT2D eigenvalue weighted by atomic mass is 10.0. The summed E-state index contributed by atoms with van der Waals surface area (Å²) in [6, 6.07) is 6.87. The molecule has 122 valence electrons. The van der Waals surface area contributed by atoms with Crippen molar-refractivity contribution in [2.45, 2.75) is 18.2 Å². The first-order chi connectivity index (χ1) is 11.1. The standard InChI is InChI=1S/C15H19N5O3/c21-13-8-20(7-11-4-6-18-19-11)10-15(13,23)9-17-14(22)12-3-1-2-5-16-12/h1-6,13,21,23H,7-10H2,(H,17,22)(H,18,19)/t13-,15+/m1/s1. The molecule has 8 nitrogen and oxygen atoms in total. The van der Waals surface area contributed by atoms with Crippen LogP contribution in [0.3, 0.4) is 0 Å². The van der Waals surface area contributed by atoms with Crippen molar-refractivity contribution in [2.24, 2.45) is 0 Å². The molecule has 8 heteroatoms. The van der Waals surface area contributed by atoms with E-state index in [1.54, 1.807) is 24.4 Å². The van der Waals surface area contributed by atoms with E-state index in [4.69, 9.17) is 0 Å². The highest BCUT2D eigenvalue weighted by Crippen LogP contribution is 2.22. The van der Waals surface area contributed by atoms with Crippen molar-refractivity contribution in [3.63, 3.8) is 0 Å². The Balaban J connectivity index is 1.57. The molecule has 0 radical (unpaired) electrons. The maximum Gasteiger partial charge on any atom is 0.269 e. The Morgan fingerprint density at radius 3 is 3.00 bits per heavy atom. The summed E-state index contributed by atoms with van der Waals surface area (Å²) in [7, 11) is 0. The number of aromatic amines is 1. The van der Waals surface area contributed by atoms with E-state index in [1.165, 1.54) is 6.20 Å². The predicted octanol–water partition coefficient (Wildman–Crippen LogP) is -0.858. The molecule has 1 aliphatic heterocycles.